The van der Waals surface area contributed by atoms with E-state index in [1.165, 1.54) is 11.3 Å². The molecule has 2 rings (SSSR count). The Labute approximate surface area is 188 Å². The number of ketones is 2. The molecule has 0 saturated carbocycles. The SMILES string of the molecule is Cc1ccc(C(=O)CCC(=O)CCC(=O)NCCC(=O)Nc2cc(Br)ccc2C)s1. The highest BCUT2D eigenvalue weighted by Crippen LogP contribution is 2.20. The van der Waals surface area contributed by atoms with E-state index in [2.05, 4.69) is 26.6 Å². The van der Waals surface area contributed by atoms with Gasteiger partial charge < -0.3 is 10.6 Å². The van der Waals surface area contributed by atoms with Crippen LogP contribution >= 0.6 is 27.3 Å². The van der Waals surface area contributed by atoms with Gasteiger partial charge in [-0.1, -0.05) is 22.0 Å². The number of halogens is 1. The summed E-state index contributed by atoms with van der Waals surface area (Å²) in [5.74, 6) is -0.642. The van der Waals surface area contributed by atoms with E-state index in [1.807, 2.05) is 38.1 Å². The first-order chi connectivity index (χ1) is 14.2. The van der Waals surface area contributed by atoms with Crippen molar-refractivity contribution in [3.63, 3.8) is 0 Å². The molecule has 0 atom stereocenters. The van der Waals surface area contributed by atoms with Gasteiger partial charge in [0.05, 0.1) is 4.88 Å². The third-order valence-corrected chi connectivity index (χ3v) is 5.96. The summed E-state index contributed by atoms with van der Waals surface area (Å²) in [6.07, 6.45) is 0.580. The van der Waals surface area contributed by atoms with Crippen molar-refractivity contribution < 1.29 is 19.2 Å². The first kappa shape index (κ1) is 24.0. The summed E-state index contributed by atoms with van der Waals surface area (Å²) >= 11 is 4.78. The summed E-state index contributed by atoms with van der Waals surface area (Å²) in [5.41, 5.74) is 1.67. The van der Waals surface area contributed by atoms with E-state index in [4.69, 9.17) is 0 Å². The maximum atomic E-state index is 12.0. The zero-order valence-electron chi connectivity index (χ0n) is 17.0. The molecule has 1 heterocycles. The van der Waals surface area contributed by atoms with Gasteiger partial charge in [0.15, 0.2) is 5.78 Å². The fourth-order valence-corrected chi connectivity index (χ4v) is 3.88. The van der Waals surface area contributed by atoms with Gasteiger partial charge in [0.25, 0.3) is 0 Å². The second-order valence-electron chi connectivity index (χ2n) is 6.98. The van der Waals surface area contributed by atoms with E-state index in [1.54, 1.807) is 6.07 Å². The molecule has 6 nitrogen and oxygen atoms in total. The quantitative estimate of drug-likeness (QED) is 0.448. The normalized spacial score (nSPS) is 10.5. The molecular formula is C22H25BrN2O4S. The average Bonchev–Trinajstić information content (AvgIpc) is 3.13. The van der Waals surface area contributed by atoms with E-state index in [9.17, 15) is 19.2 Å². The van der Waals surface area contributed by atoms with Crippen LogP contribution in [-0.2, 0) is 14.4 Å². The molecule has 0 aliphatic rings. The van der Waals surface area contributed by atoms with Crippen molar-refractivity contribution in [1.82, 2.24) is 5.32 Å². The number of anilines is 1. The molecule has 1 aromatic carbocycles. The second kappa shape index (κ2) is 11.8. The van der Waals surface area contributed by atoms with Crippen molar-refractivity contribution in [2.24, 2.45) is 0 Å². The van der Waals surface area contributed by atoms with Crippen LogP contribution in [-0.4, -0.2) is 29.9 Å². The molecule has 0 fully saturated rings. The zero-order chi connectivity index (χ0) is 22.1. The van der Waals surface area contributed by atoms with Gasteiger partial charge in [-0.15, -0.1) is 11.3 Å². The number of carbonyl (C=O) groups is 4. The predicted octanol–water partition coefficient (Wildman–Crippen LogP) is 4.58. The molecule has 1 aromatic heterocycles. The number of aryl methyl sites for hydroxylation is 2. The van der Waals surface area contributed by atoms with Gasteiger partial charge in [-0.2, -0.15) is 0 Å². The fourth-order valence-electron chi connectivity index (χ4n) is 2.68. The van der Waals surface area contributed by atoms with Crippen molar-refractivity contribution in [2.75, 3.05) is 11.9 Å². The highest BCUT2D eigenvalue weighted by molar-refractivity contribution is 9.10. The van der Waals surface area contributed by atoms with Crippen LogP contribution in [0.15, 0.2) is 34.8 Å². The summed E-state index contributed by atoms with van der Waals surface area (Å²) in [5, 5.41) is 5.46. The number of nitrogens with one attached hydrogen (secondary N) is 2. The standard InChI is InChI=1S/C22H25BrN2O4S/c1-14-3-5-16(23)13-18(14)25-22(29)11-12-24-21(28)10-7-17(26)6-8-19(27)20-9-4-15(2)30-20/h3-5,9,13H,6-8,10-12H2,1-2H3,(H,24,28)(H,25,29). The van der Waals surface area contributed by atoms with Crippen molar-refractivity contribution in [1.29, 1.82) is 0 Å². The van der Waals surface area contributed by atoms with Gasteiger partial charge in [0, 0.05) is 53.7 Å². The molecule has 0 radical (unpaired) electrons. The van der Waals surface area contributed by atoms with Gasteiger partial charge in [-0.3, -0.25) is 19.2 Å². The topological polar surface area (TPSA) is 92.3 Å². The van der Waals surface area contributed by atoms with Gasteiger partial charge in [-0.05, 0) is 43.7 Å². The molecule has 2 N–H and O–H groups in total. The van der Waals surface area contributed by atoms with Gasteiger partial charge >= 0.3 is 0 Å². The molecule has 0 spiro atoms. The molecule has 2 aromatic rings. The Bertz CT molecular complexity index is 939. The lowest BCUT2D eigenvalue weighted by molar-refractivity contribution is -0.125. The molecule has 0 unspecified atom stereocenters. The fraction of sp³-hybridized carbons (Fsp3) is 0.364. The van der Waals surface area contributed by atoms with E-state index >= 15 is 0 Å². The minimum atomic E-state index is -0.282. The lowest BCUT2D eigenvalue weighted by atomic mass is 10.1. The average molecular weight is 493 g/mol. The Kier molecular flexibility index (Phi) is 9.39. The minimum Gasteiger partial charge on any atom is -0.356 e. The maximum Gasteiger partial charge on any atom is 0.226 e. The van der Waals surface area contributed by atoms with Crippen LogP contribution in [0.1, 0.15) is 52.2 Å². The number of benzene rings is 1. The number of thiophene rings is 1. The van der Waals surface area contributed by atoms with Crippen LogP contribution in [0.4, 0.5) is 5.69 Å². The third-order valence-electron chi connectivity index (χ3n) is 4.42. The molecule has 8 heteroatoms. The highest BCUT2D eigenvalue weighted by Gasteiger charge is 2.13. The zero-order valence-corrected chi connectivity index (χ0v) is 19.5. The molecule has 0 bridgehead atoms. The van der Waals surface area contributed by atoms with Crippen LogP contribution in [0.5, 0.6) is 0 Å². The third kappa shape index (κ3) is 8.20. The van der Waals surface area contributed by atoms with Gasteiger partial charge in [0.2, 0.25) is 11.8 Å². The monoisotopic (exact) mass is 492 g/mol. The van der Waals surface area contributed by atoms with Crippen LogP contribution in [0, 0.1) is 13.8 Å². The van der Waals surface area contributed by atoms with Crippen molar-refractivity contribution in [2.45, 2.75) is 46.0 Å². The molecule has 160 valence electrons. The van der Waals surface area contributed by atoms with E-state index in [0.29, 0.717) is 4.88 Å². The molecule has 30 heavy (non-hydrogen) atoms. The van der Waals surface area contributed by atoms with Gasteiger partial charge in [-0.25, -0.2) is 0 Å². The Morgan fingerprint density at radius 1 is 0.900 bits per heavy atom. The molecule has 0 aliphatic carbocycles. The Morgan fingerprint density at radius 3 is 2.33 bits per heavy atom. The van der Waals surface area contributed by atoms with Crippen LogP contribution in [0.2, 0.25) is 0 Å². The number of carbonyl (C=O) groups excluding carboxylic acids is 4. The van der Waals surface area contributed by atoms with Gasteiger partial charge in [0.1, 0.15) is 5.78 Å². The predicted molar refractivity (Wildman–Crippen MR) is 122 cm³/mol. The van der Waals surface area contributed by atoms with E-state index in [-0.39, 0.29) is 62.0 Å². The number of Topliss-reactive ketones (excluding diaryl/α,β-unsaturated/α-hetero) is 2. The summed E-state index contributed by atoms with van der Waals surface area (Å²) in [4.78, 5) is 49.6. The number of hydrogen-bond acceptors (Lipinski definition) is 5. The van der Waals surface area contributed by atoms with Crippen LogP contribution in [0.25, 0.3) is 0 Å². The molecule has 2 amide bonds. The molecule has 0 aliphatic heterocycles. The number of rotatable bonds is 11. The van der Waals surface area contributed by atoms with Crippen molar-refractivity contribution in [3.8, 4) is 0 Å². The first-order valence-corrected chi connectivity index (χ1v) is 11.3. The highest BCUT2D eigenvalue weighted by atomic mass is 79.9. The number of amides is 2. The minimum absolute atomic E-state index is 0.0439. The summed E-state index contributed by atoms with van der Waals surface area (Å²) in [7, 11) is 0. The van der Waals surface area contributed by atoms with E-state index < -0.39 is 0 Å². The lowest BCUT2D eigenvalue weighted by Gasteiger charge is -2.09. The Hall–Kier alpha value is -2.32. The second-order valence-corrected chi connectivity index (χ2v) is 9.18. The van der Waals surface area contributed by atoms with E-state index in [0.717, 1.165) is 20.6 Å². The Balaban J connectivity index is 1.61. The maximum absolute atomic E-state index is 12.0. The lowest BCUT2D eigenvalue weighted by Crippen LogP contribution is -2.28. The summed E-state index contributed by atoms with van der Waals surface area (Å²) in [6.45, 7) is 4.02. The molecule has 0 saturated heterocycles. The van der Waals surface area contributed by atoms with Crippen molar-refractivity contribution >= 4 is 56.3 Å². The smallest absolute Gasteiger partial charge is 0.226 e. The summed E-state index contributed by atoms with van der Waals surface area (Å²) < 4.78 is 0.869. The van der Waals surface area contributed by atoms with Crippen LogP contribution in [0.3, 0.4) is 0 Å². The number of hydrogen-bond donors (Lipinski definition) is 2. The molecular weight excluding hydrogens is 468 g/mol. The largest absolute Gasteiger partial charge is 0.356 e. The van der Waals surface area contributed by atoms with Crippen LogP contribution < -0.4 is 10.6 Å². The van der Waals surface area contributed by atoms with Crippen molar-refractivity contribution in [3.05, 3.63) is 50.1 Å². The Morgan fingerprint density at radius 2 is 1.63 bits per heavy atom. The first-order valence-electron chi connectivity index (χ1n) is 9.68. The summed E-state index contributed by atoms with van der Waals surface area (Å²) in [6, 6.07) is 9.26.